The highest BCUT2D eigenvalue weighted by Crippen LogP contribution is 2.39. The van der Waals surface area contributed by atoms with E-state index in [0.717, 1.165) is 11.0 Å². The van der Waals surface area contributed by atoms with Gasteiger partial charge in [0.25, 0.3) is 0 Å². The largest absolute Gasteiger partial charge is 0.443 e. The molecule has 4 nitrogen and oxygen atoms in total. The SMILES string of the molecule is CC(C)(C)OC(=O)N1CC(c2ccc(C(F)(F)F)s2)CC1=O. The summed E-state index contributed by atoms with van der Waals surface area (Å²) in [7, 11) is 0. The second kappa shape index (κ2) is 5.57. The molecule has 22 heavy (non-hydrogen) atoms. The second-order valence-electron chi connectivity index (χ2n) is 6.09. The van der Waals surface area contributed by atoms with Gasteiger partial charge < -0.3 is 4.74 Å². The summed E-state index contributed by atoms with van der Waals surface area (Å²) in [5, 5.41) is 0. The van der Waals surface area contributed by atoms with Gasteiger partial charge in [-0.05, 0) is 32.9 Å². The van der Waals surface area contributed by atoms with Gasteiger partial charge in [0.15, 0.2) is 0 Å². The third-order valence-corrected chi connectivity index (χ3v) is 4.34. The Hall–Kier alpha value is -1.57. The minimum Gasteiger partial charge on any atom is -0.443 e. The molecule has 0 N–H and O–H groups in total. The average molecular weight is 335 g/mol. The van der Waals surface area contributed by atoms with Gasteiger partial charge in [-0.3, -0.25) is 4.79 Å². The number of carbonyl (C=O) groups excluding carboxylic acids is 2. The van der Waals surface area contributed by atoms with Gasteiger partial charge in [-0.1, -0.05) is 0 Å². The Kier molecular flexibility index (Phi) is 4.25. The molecule has 1 fully saturated rings. The molecule has 0 radical (unpaired) electrons. The summed E-state index contributed by atoms with van der Waals surface area (Å²) in [5.41, 5.74) is -0.734. The van der Waals surface area contributed by atoms with Crippen molar-refractivity contribution in [2.24, 2.45) is 0 Å². The number of thiophene rings is 1. The molecule has 1 aliphatic rings. The zero-order valence-electron chi connectivity index (χ0n) is 12.4. The number of nitrogens with zero attached hydrogens (tertiary/aromatic N) is 1. The van der Waals surface area contributed by atoms with Crippen LogP contribution >= 0.6 is 11.3 Å². The highest BCUT2D eigenvalue weighted by atomic mass is 32.1. The van der Waals surface area contributed by atoms with Crippen molar-refractivity contribution in [2.45, 2.75) is 44.9 Å². The van der Waals surface area contributed by atoms with Crippen LogP contribution in [0.25, 0.3) is 0 Å². The summed E-state index contributed by atoms with van der Waals surface area (Å²) in [6.45, 7) is 5.08. The molecule has 1 unspecified atom stereocenters. The molecule has 1 aliphatic heterocycles. The molecule has 1 saturated heterocycles. The second-order valence-corrected chi connectivity index (χ2v) is 7.20. The fourth-order valence-electron chi connectivity index (χ4n) is 2.12. The van der Waals surface area contributed by atoms with Crippen molar-refractivity contribution < 1.29 is 27.5 Å². The molecule has 8 heteroatoms. The Morgan fingerprint density at radius 1 is 1.32 bits per heavy atom. The minimum absolute atomic E-state index is 0.0110. The van der Waals surface area contributed by atoms with E-state index in [1.54, 1.807) is 20.8 Å². The number of likely N-dealkylation sites (tertiary alicyclic amines) is 1. The van der Waals surface area contributed by atoms with Crippen LogP contribution in [0.15, 0.2) is 12.1 Å². The van der Waals surface area contributed by atoms with Gasteiger partial charge in [0, 0.05) is 23.8 Å². The standard InChI is InChI=1S/C14H16F3NO3S/c1-13(2,3)21-12(20)18-7-8(6-11(18)19)9-4-5-10(22-9)14(15,16)17/h4-5,8H,6-7H2,1-3H3. The fraction of sp³-hybridized carbons (Fsp3) is 0.571. The number of carbonyl (C=O) groups is 2. The number of rotatable bonds is 1. The van der Waals surface area contributed by atoms with E-state index in [9.17, 15) is 22.8 Å². The number of hydrogen-bond acceptors (Lipinski definition) is 4. The summed E-state index contributed by atoms with van der Waals surface area (Å²) in [4.78, 5) is 24.5. The Morgan fingerprint density at radius 3 is 2.45 bits per heavy atom. The normalized spacial score (nSPS) is 19.6. The summed E-state index contributed by atoms with van der Waals surface area (Å²) in [6.07, 6.45) is -5.14. The number of alkyl halides is 3. The third kappa shape index (κ3) is 3.79. The maximum absolute atomic E-state index is 12.6. The first kappa shape index (κ1) is 16.8. The van der Waals surface area contributed by atoms with Crippen molar-refractivity contribution in [3.05, 3.63) is 21.9 Å². The van der Waals surface area contributed by atoms with E-state index in [4.69, 9.17) is 4.74 Å². The highest BCUT2D eigenvalue weighted by Gasteiger charge is 2.39. The molecule has 1 aromatic heterocycles. The zero-order valence-corrected chi connectivity index (χ0v) is 13.2. The van der Waals surface area contributed by atoms with Gasteiger partial charge in [-0.2, -0.15) is 13.2 Å². The third-order valence-electron chi connectivity index (χ3n) is 3.05. The topological polar surface area (TPSA) is 46.6 Å². The molecule has 0 spiro atoms. The van der Waals surface area contributed by atoms with E-state index in [0.29, 0.717) is 16.2 Å². The predicted octanol–water partition coefficient (Wildman–Crippen LogP) is 4.02. The molecule has 0 bridgehead atoms. The lowest BCUT2D eigenvalue weighted by atomic mass is 10.1. The predicted molar refractivity (Wildman–Crippen MR) is 74.6 cm³/mol. The maximum atomic E-state index is 12.6. The van der Waals surface area contributed by atoms with E-state index in [1.807, 2.05) is 0 Å². The monoisotopic (exact) mass is 335 g/mol. The smallest absolute Gasteiger partial charge is 0.425 e. The molecular weight excluding hydrogens is 319 g/mol. The molecule has 0 aromatic carbocycles. The van der Waals surface area contributed by atoms with Crippen molar-refractivity contribution in [1.82, 2.24) is 4.90 Å². The van der Waals surface area contributed by atoms with Crippen molar-refractivity contribution >= 4 is 23.3 Å². The first-order chi connectivity index (χ1) is 9.97. The van der Waals surface area contributed by atoms with E-state index in [-0.39, 0.29) is 13.0 Å². The van der Waals surface area contributed by atoms with E-state index in [2.05, 4.69) is 0 Å². The van der Waals surface area contributed by atoms with Gasteiger partial charge in [0.2, 0.25) is 5.91 Å². The summed E-state index contributed by atoms with van der Waals surface area (Å²) >= 11 is 0.610. The lowest BCUT2D eigenvalue weighted by molar-refractivity contribution is -0.134. The quantitative estimate of drug-likeness (QED) is 0.779. The molecule has 2 rings (SSSR count). The van der Waals surface area contributed by atoms with Crippen LogP contribution < -0.4 is 0 Å². The van der Waals surface area contributed by atoms with Crippen LogP contribution in [-0.4, -0.2) is 29.0 Å². The van der Waals surface area contributed by atoms with Crippen LogP contribution in [0.1, 0.15) is 42.9 Å². The Labute approximate surface area is 129 Å². The van der Waals surface area contributed by atoms with E-state index >= 15 is 0 Å². The Morgan fingerprint density at radius 2 is 1.95 bits per heavy atom. The number of ether oxygens (including phenoxy) is 1. The molecule has 0 aliphatic carbocycles. The van der Waals surface area contributed by atoms with Crippen molar-refractivity contribution in [2.75, 3.05) is 6.54 Å². The van der Waals surface area contributed by atoms with Crippen molar-refractivity contribution in [3.8, 4) is 0 Å². The van der Waals surface area contributed by atoms with Crippen molar-refractivity contribution in [1.29, 1.82) is 0 Å². The van der Waals surface area contributed by atoms with Gasteiger partial charge in [0.1, 0.15) is 10.5 Å². The molecule has 122 valence electrons. The first-order valence-electron chi connectivity index (χ1n) is 6.67. The van der Waals surface area contributed by atoms with Crippen LogP contribution in [0.2, 0.25) is 0 Å². The lowest BCUT2D eigenvalue weighted by Crippen LogP contribution is -2.37. The minimum atomic E-state index is -4.39. The van der Waals surface area contributed by atoms with Crippen LogP contribution in [-0.2, 0) is 15.7 Å². The van der Waals surface area contributed by atoms with Crippen molar-refractivity contribution in [3.63, 3.8) is 0 Å². The number of imide groups is 1. The number of halogens is 3. The van der Waals surface area contributed by atoms with E-state index < -0.39 is 34.6 Å². The molecule has 0 saturated carbocycles. The maximum Gasteiger partial charge on any atom is 0.425 e. The van der Waals surface area contributed by atoms with Gasteiger partial charge >= 0.3 is 12.3 Å². The Balaban J connectivity index is 2.09. The lowest BCUT2D eigenvalue weighted by Gasteiger charge is -2.23. The summed E-state index contributed by atoms with van der Waals surface area (Å²) in [6, 6.07) is 2.37. The molecule has 2 heterocycles. The van der Waals surface area contributed by atoms with Gasteiger partial charge in [-0.25, -0.2) is 9.69 Å². The summed E-state index contributed by atoms with van der Waals surface area (Å²) < 4.78 is 43.0. The molecule has 1 aromatic rings. The molecule has 2 amide bonds. The van der Waals surface area contributed by atoms with Crippen LogP contribution in [0, 0.1) is 0 Å². The fourth-order valence-corrected chi connectivity index (χ4v) is 3.08. The van der Waals surface area contributed by atoms with E-state index in [1.165, 1.54) is 6.07 Å². The van der Waals surface area contributed by atoms with Crippen LogP contribution in [0.4, 0.5) is 18.0 Å². The van der Waals surface area contributed by atoms with Crippen LogP contribution in [0.5, 0.6) is 0 Å². The summed E-state index contributed by atoms with van der Waals surface area (Å²) in [5.74, 6) is -0.845. The van der Waals surface area contributed by atoms with Gasteiger partial charge in [0.05, 0.1) is 0 Å². The average Bonchev–Trinajstić information content (AvgIpc) is 2.91. The zero-order chi connectivity index (χ0) is 16.7. The molecule has 1 atom stereocenters. The molecular formula is C14H16F3NO3S. The number of amides is 2. The van der Waals surface area contributed by atoms with Crippen LogP contribution in [0.3, 0.4) is 0 Å². The number of hydrogen-bond donors (Lipinski definition) is 0. The van der Waals surface area contributed by atoms with Gasteiger partial charge in [-0.15, -0.1) is 11.3 Å². The first-order valence-corrected chi connectivity index (χ1v) is 7.49. The highest BCUT2D eigenvalue weighted by molar-refractivity contribution is 7.12. The Bertz CT molecular complexity index is 589.